The van der Waals surface area contributed by atoms with Gasteiger partial charge in [-0.3, -0.25) is 4.79 Å². The first-order chi connectivity index (χ1) is 16.0. The number of ether oxygens (including phenoxy) is 2. The van der Waals surface area contributed by atoms with Gasteiger partial charge in [-0.2, -0.15) is 5.10 Å². The third-order valence-electron chi connectivity index (χ3n) is 5.49. The molecule has 1 N–H and O–H groups in total. The monoisotopic (exact) mass is 442 g/mol. The smallest absolute Gasteiger partial charge is 0.350 e. The lowest BCUT2D eigenvalue weighted by Crippen LogP contribution is -2.28. The molecule has 3 aromatic heterocycles. The van der Waals surface area contributed by atoms with E-state index in [1.807, 2.05) is 37.3 Å². The van der Waals surface area contributed by atoms with Gasteiger partial charge < -0.3 is 14.8 Å². The van der Waals surface area contributed by atoms with Crippen molar-refractivity contribution < 1.29 is 14.3 Å². The van der Waals surface area contributed by atoms with Gasteiger partial charge in [0.2, 0.25) is 12.7 Å². The molecule has 10 heteroatoms. The highest BCUT2D eigenvalue weighted by atomic mass is 16.7. The summed E-state index contributed by atoms with van der Waals surface area (Å²) in [6.07, 6.45) is 3.29. The summed E-state index contributed by atoms with van der Waals surface area (Å²) in [5.41, 5.74) is 4.12. The molecular weight excluding hydrogens is 424 g/mol. The Morgan fingerprint density at radius 2 is 1.85 bits per heavy atom. The number of aryl methyl sites for hydroxylation is 1. The zero-order valence-electron chi connectivity index (χ0n) is 17.6. The lowest BCUT2D eigenvalue weighted by atomic mass is 10.1. The number of hydrogen-bond donors (Lipinski definition) is 1. The van der Waals surface area contributed by atoms with Crippen molar-refractivity contribution in [2.24, 2.45) is 0 Å². The van der Waals surface area contributed by atoms with Crippen molar-refractivity contribution in [3.63, 3.8) is 0 Å². The number of aromatic nitrogens is 5. The zero-order chi connectivity index (χ0) is 22.5. The van der Waals surface area contributed by atoms with E-state index in [0.29, 0.717) is 28.4 Å². The quantitative estimate of drug-likeness (QED) is 0.459. The number of carbonyl (C=O) groups is 1. The maximum absolute atomic E-state index is 12.8. The summed E-state index contributed by atoms with van der Waals surface area (Å²) in [4.78, 5) is 25.4. The summed E-state index contributed by atoms with van der Waals surface area (Å²) in [6.45, 7) is 1.94. The van der Waals surface area contributed by atoms with Crippen LogP contribution in [0.2, 0.25) is 0 Å². The van der Waals surface area contributed by atoms with Crippen LogP contribution in [0.4, 0.5) is 5.69 Å². The molecule has 0 unspecified atom stereocenters. The Morgan fingerprint density at radius 3 is 2.70 bits per heavy atom. The topological polar surface area (TPSA) is 104 Å². The van der Waals surface area contributed by atoms with Crippen LogP contribution in [-0.2, 0) is 11.3 Å². The molecule has 0 aliphatic carbocycles. The number of amides is 1. The van der Waals surface area contributed by atoms with Gasteiger partial charge >= 0.3 is 5.69 Å². The Balaban J connectivity index is 1.31. The molecule has 5 aromatic rings. The molecule has 1 amide bonds. The van der Waals surface area contributed by atoms with Crippen LogP contribution in [0.3, 0.4) is 0 Å². The van der Waals surface area contributed by atoms with E-state index in [0.717, 1.165) is 21.5 Å². The Bertz CT molecular complexity index is 1600. The molecule has 1 aliphatic heterocycles. The van der Waals surface area contributed by atoms with Gasteiger partial charge in [-0.15, -0.1) is 5.10 Å². The van der Waals surface area contributed by atoms with Crippen LogP contribution in [0.25, 0.3) is 22.4 Å². The van der Waals surface area contributed by atoms with Crippen molar-refractivity contribution in [2.45, 2.75) is 13.5 Å². The van der Waals surface area contributed by atoms with Gasteiger partial charge in [0.05, 0.1) is 5.69 Å². The Kier molecular flexibility index (Phi) is 4.19. The molecule has 4 heterocycles. The molecular formula is C23H18N6O4. The molecule has 0 fully saturated rings. The second-order valence-electron chi connectivity index (χ2n) is 7.77. The predicted molar refractivity (Wildman–Crippen MR) is 120 cm³/mol. The number of rotatable bonds is 4. The fraction of sp³-hybridized carbons (Fsp3) is 0.130. The maximum atomic E-state index is 12.8. The summed E-state index contributed by atoms with van der Waals surface area (Å²) < 4.78 is 14.8. The number of nitrogens with zero attached hydrogens (tertiary/aromatic N) is 5. The zero-order valence-corrected chi connectivity index (χ0v) is 17.6. The number of hydrogen-bond acceptors (Lipinski definition) is 6. The van der Waals surface area contributed by atoms with Crippen molar-refractivity contribution in [1.82, 2.24) is 23.8 Å². The Labute approximate surface area is 186 Å². The van der Waals surface area contributed by atoms with E-state index in [4.69, 9.17) is 9.47 Å². The fourth-order valence-corrected chi connectivity index (χ4v) is 3.81. The van der Waals surface area contributed by atoms with E-state index in [1.165, 1.54) is 4.40 Å². The van der Waals surface area contributed by atoms with E-state index in [9.17, 15) is 9.59 Å². The second kappa shape index (κ2) is 7.23. The lowest BCUT2D eigenvalue weighted by Gasteiger charge is -2.05. The third kappa shape index (κ3) is 3.28. The van der Waals surface area contributed by atoms with Gasteiger partial charge in [0.15, 0.2) is 17.1 Å². The number of fused-ring (bicyclic) bond motifs is 4. The molecule has 0 radical (unpaired) electrons. The van der Waals surface area contributed by atoms with Crippen LogP contribution in [0, 0.1) is 6.92 Å². The highest BCUT2D eigenvalue weighted by Gasteiger charge is 2.17. The van der Waals surface area contributed by atoms with E-state index in [1.54, 1.807) is 35.1 Å². The average Bonchev–Trinajstić information content (AvgIpc) is 3.51. The predicted octanol–water partition coefficient (Wildman–Crippen LogP) is 2.49. The van der Waals surface area contributed by atoms with Crippen LogP contribution < -0.4 is 20.5 Å². The number of nitrogens with one attached hydrogen (secondary N) is 1. The molecule has 10 nitrogen and oxygen atoms in total. The Morgan fingerprint density at radius 1 is 1.03 bits per heavy atom. The van der Waals surface area contributed by atoms with E-state index < -0.39 is 5.69 Å². The largest absolute Gasteiger partial charge is 0.454 e. The third-order valence-corrected chi connectivity index (χ3v) is 5.49. The average molecular weight is 442 g/mol. The van der Waals surface area contributed by atoms with Crippen LogP contribution in [0.15, 0.2) is 65.7 Å². The van der Waals surface area contributed by atoms with Crippen LogP contribution in [0.1, 0.15) is 5.56 Å². The molecule has 0 bridgehead atoms. The summed E-state index contributed by atoms with van der Waals surface area (Å²) in [5, 5.41) is 11.8. The van der Waals surface area contributed by atoms with Gasteiger partial charge in [-0.25, -0.2) is 18.4 Å². The molecule has 33 heavy (non-hydrogen) atoms. The SMILES string of the molecule is Cc1ccc(-c2cc3c4nn(CC(=O)Nc5ccc6c(c5)OCO6)c(=O)n4ccn3n2)cc1. The normalized spacial score (nSPS) is 12.5. The van der Waals surface area contributed by atoms with Gasteiger partial charge in [-0.1, -0.05) is 29.8 Å². The molecule has 0 atom stereocenters. The summed E-state index contributed by atoms with van der Waals surface area (Å²) in [5.74, 6) is 0.800. The van der Waals surface area contributed by atoms with Crippen molar-refractivity contribution in [1.29, 1.82) is 0 Å². The summed E-state index contributed by atoms with van der Waals surface area (Å²) >= 11 is 0. The van der Waals surface area contributed by atoms with E-state index in [-0.39, 0.29) is 19.2 Å². The van der Waals surface area contributed by atoms with Gasteiger partial charge in [-0.05, 0) is 25.1 Å². The molecule has 1 aliphatic rings. The van der Waals surface area contributed by atoms with Crippen LogP contribution in [0.5, 0.6) is 11.5 Å². The fourth-order valence-electron chi connectivity index (χ4n) is 3.81. The Hall–Kier alpha value is -4.60. The number of carbonyl (C=O) groups excluding carboxylic acids is 1. The van der Waals surface area contributed by atoms with Crippen LogP contribution >= 0.6 is 0 Å². The summed E-state index contributed by atoms with van der Waals surface area (Å²) in [6, 6.07) is 15.0. The lowest BCUT2D eigenvalue weighted by molar-refractivity contribution is -0.117. The highest BCUT2D eigenvalue weighted by molar-refractivity contribution is 5.91. The molecule has 6 rings (SSSR count). The van der Waals surface area contributed by atoms with Crippen LogP contribution in [-0.4, -0.2) is 36.5 Å². The van der Waals surface area contributed by atoms with Gasteiger partial charge in [0, 0.05) is 29.7 Å². The minimum Gasteiger partial charge on any atom is -0.454 e. The minimum absolute atomic E-state index is 0.151. The van der Waals surface area contributed by atoms with E-state index in [2.05, 4.69) is 15.5 Å². The number of anilines is 1. The molecule has 0 spiro atoms. The first kappa shape index (κ1) is 19.1. The van der Waals surface area contributed by atoms with Gasteiger partial charge in [0.25, 0.3) is 0 Å². The van der Waals surface area contributed by atoms with Gasteiger partial charge in [0.1, 0.15) is 12.1 Å². The first-order valence-corrected chi connectivity index (χ1v) is 10.3. The van der Waals surface area contributed by atoms with Crippen molar-refractivity contribution >= 4 is 22.8 Å². The van der Waals surface area contributed by atoms with Crippen molar-refractivity contribution in [2.75, 3.05) is 12.1 Å². The molecule has 0 saturated heterocycles. The molecule has 0 saturated carbocycles. The van der Waals surface area contributed by atoms with Crippen molar-refractivity contribution in [3.8, 4) is 22.8 Å². The summed E-state index contributed by atoms with van der Waals surface area (Å²) in [7, 11) is 0. The van der Waals surface area contributed by atoms with Crippen molar-refractivity contribution in [3.05, 3.63) is 77.0 Å². The first-order valence-electron chi connectivity index (χ1n) is 10.3. The molecule has 2 aromatic carbocycles. The van der Waals surface area contributed by atoms with E-state index >= 15 is 0 Å². The minimum atomic E-state index is -0.411. The number of benzene rings is 2. The standard InChI is InChI=1S/C23H18N6O4/c1-14-2-4-15(5-3-14)17-11-18-22-26-29(23(31)27(22)8-9-28(18)25-17)12-21(30)24-16-6-7-19-20(10-16)33-13-32-19/h2-11H,12-13H2,1H3,(H,24,30). The maximum Gasteiger partial charge on any atom is 0.350 e. The highest BCUT2D eigenvalue weighted by Crippen LogP contribution is 2.34. The second-order valence-corrected chi connectivity index (χ2v) is 7.77. The molecule has 164 valence electrons.